The molecule has 0 aromatic heterocycles. The molecule has 0 N–H and O–H groups in total. The van der Waals surface area contributed by atoms with E-state index in [4.69, 9.17) is 10.00 Å². The summed E-state index contributed by atoms with van der Waals surface area (Å²) in [5.74, 6) is 0.559. The van der Waals surface area contributed by atoms with Crippen LogP contribution in [0.2, 0.25) is 0 Å². The van der Waals surface area contributed by atoms with Crippen LogP contribution < -0.4 is 4.74 Å². The molecular formula is C10H9NO2S. The van der Waals surface area contributed by atoms with E-state index in [1.807, 2.05) is 6.07 Å². The van der Waals surface area contributed by atoms with Gasteiger partial charge in [-0.05, 0) is 30.0 Å². The monoisotopic (exact) mass is 207 g/mol. The normalized spacial score (nSPS) is 9.21. The minimum absolute atomic E-state index is 0.00647. The molecule has 0 unspecified atom stereocenters. The Kier molecular flexibility index (Phi) is 3.55. The van der Waals surface area contributed by atoms with Crippen LogP contribution in [0.15, 0.2) is 23.1 Å². The van der Waals surface area contributed by atoms with E-state index in [-0.39, 0.29) is 5.12 Å². The minimum atomic E-state index is -0.00647. The van der Waals surface area contributed by atoms with Gasteiger partial charge in [-0.25, -0.2) is 0 Å². The van der Waals surface area contributed by atoms with Gasteiger partial charge in [-0.1, -0.05) is 0 Å². The summed E-state index contributed by atoms with van der Waals surface area (Å²) in [6, 6.07) is 7.00. The molecule has 72 valence electrons. The number of methoxy groups -OCH3 is 1. The van der Waals surface area contributed by atoms with Gasteiger partial charge in [0.05, 0.1) is 23.6 Å². The zero-order valence-electron chi connectivity index (χ0n) is 7.90. The van der Waals surface area contributed by atoms with Crippen LogP contribution in [-0.4, -0.2) is 12.2 Å². The van der Waals surface area contributed by atoms with Crippen molar-refractivity contribution in [2.24, 2.45) is 0 Å². The molecule has 1 rings (SSSR count). The number of nitrogens with zero attached hydrogens (tertiary/aromatic N) is 1. The van der Waals surface area contributed by atoms with Gasteiger partial charge in [-0.3, -0.25) is 4.79 Å². The molecule has 0 atom stereocenters. The highest BCUT2D eigenvalue weighted by Crippen LogP contribution is 2.30. The summed E-state index contributed by atoms with van der Waals surface area (Å²) in [6.45, 7) is 1.49. The third kappa shape index (κ3) is 2.51. The Balaban J connectivity index is 3.06. The topological polar surface area (TPSA) is 50.1 Å². The third-order valence-corrected chi connectivity index (χ3v) is 2.39. The summed E-state index contributed by atoms with van der Waals surface area (Å²) < 4.78 is 5.06. The summed E-state index contributed by atoms with van der Waals surface area (Å²) in [5.41, 5.74) is 0.523. The van der Waals surface area contributed by atoms with E-state index >= 15 is 0 Å². The highest BCUT2D eigenvalue weighted by Gasteiger charge is 2.06. The largest absolute Gasteiger partial charge is 0.496 e. The van der Waals surface area contributed by atoms with E-state index in [0.717, 1.165) is 16.7 Å². The number of nitriles is 1. The van der Waals surface area contributed by atoms with Crippen molar-refractivity contribution in [3.05, 3.63) is 23.8 Å². The zero-order valence-corrected chi connectivity index (χ0v) is 8.72. The van der Waals surface area contributed by atoms with Crippen LogP contribution in [0, 0.1) is 11.3 Å². The van der Waals surface area contributed by atoms with Crippen LogP contribution in [0.25, 0.3) is 0 Å². The highest BCUT2D eigenvalue weighted by atomic mass is 32.2. The predicted molar refractivity (Wildman–Crippen MR) is 54.2 cm³/mol. The van der Waals surface area contributed by atoms with E-state index in [2.05, 4.69) is 0 Å². The number of carbonyl (C=O) groups is 1. The number of hydrogen-bond donors (Lipinski definition) is 0. The maximum absolute atomic E-state index is 10.9. The number of carbonyl (C=O) groups excluding carboxylic acids is 1. The molecule has 0 fully saturated rings. The summed E-state index contributed by atoms with van der Waals surface area (Å²) in [7, 11) is 1.51. The molecule has 0 bridgehead atoms. The van der Waals surface area contributed by atoms with Crippen LogP contribution in [-0.2, 0) is 4.79 Å². The molecule has 0 aliphatic heterocycles. The molecule has 0 spiro atoms. The molecule has 1 aromatic rings. The molecule has 0 saturated carbocycles. The first kappa shape index (κ1) is 10.6. The fraction of sp³-hybridized carbons (Fsp3) is 0.200. The lowest BCUT2D eigenvalue weighted by molar-refractivity contribution is -0.109. The first-order valence-corrected chi connectivity index (χ1v) is 4.75. The second-order valence-electron chi connectivity index (χ2n) is 2.57. The van der Waals surface area contributed by atoms with Crippen LogP contribution >= 0.6 is 11.8 Å². The Morgan fingerprint density at radius 2 is 2.29 bits per heavy atom. The van der Waals surface area contributed by atoms with Crippen molar-refractivity contribution < 1.29 is 9.53 Å². The molecule has 3 nitrogen and oxygen atoms in total. The van der Waals surface area contributed by atoms with Gasteiger partial charge < -0.3 is 4.74 Å². The maximum atomic E-state index is 10.9. The Bertz CT molecular complexity index is 396. The average Bonchev–Trinajstić information content (AvgIpc) is 2.17. The first-order chi connectivity index (χ1) is 6.67. The Morgan fingerprint density at radius 3 is 2.79 bits per heavy atom. The summed E-state index contributed by atoms with van der Waals surface area (Å²) in [6.07, 6.45) is 0. The number of rotatable bonds is 2. The van der Waals surface area contributed by atoms with Crippen molar-refractivity contribution in [2.75, 3.05) is 7.11 Å². The lowest BCUT2D eigenvalue weighted by atomic mass is 10.2. The molecule has 0 radical (unpaired) electrons. The lowest BCUT2D eigenvalue weighted by Gasteiger charge is -2.05. The van der Waals surface area contributed by atoms with Gasteiger partial charge in [-0.2, -0.15) is 5.26 Å². The average molecular weight is 207 g/mol. The van der Waals surface area contributed by atoms with Crippen molar-refractivity contribution in [3.8, 4) is 11.8 Å². The summed E-state index contributed by atoms with van der Waals surface area (Å²) in [5, 5.41) is 8.64. The predicted octanol–water partition coefficient (Wildman–Crippen LogP) is 2.21. The molecule has 0 amide bonds. The van der Waals surface area contributed by atoms with Crippen LogP contribution in [0.5, 0.6) is 5.75 Å². The first-order valence-electron chi connectivity index (χ1n) is 3.94. The van der Waals surface area contributed by atoms with Gasteiger partial charge in [0.15, 0.2) is 5.12 Å². The van der Waals surface area contributed by atoms with Crippen molar-refractivity contribution >= 4 is 16.9 Å². The number of hydrogen-bond acceptors (Lipinski definition) is 4. The van der Waals surface area contributed by atoms with Gasteiger partial charge in [0.1, 0.15) is 5.75 Å². The van der Waals surface area contributed by atoms with E-state index in [9.17, 15) is 4.79 Å². The molecule has 0 aliphatic rings. The van der Waals surface area contributed by atoms with Crippen LogP contribution in [0.3, 0.4) is 0 Å². The SMILES string of the molecule is COc1cc(C#N)ccc1SC(C)=O. The van der Waals surface area contributed by atoms with Crippen LogP contribution in [0.1, 0.15) is 12.5 Å². The van der Waals surface area contributed by atoms with Crippen molar-refractivity contribution in [1.82, 2.24) is 0 Å². The standard InChI is InChI=1S/C10H9NO2S/c1-7(12)14-10-4-3-8(6-11)5-9(10)13-2/h3-5H,1-2H3. The Hall–Kier alpha value is -1.47. The quantitative estimate of drug-likeness (QED) is 0.697. The summed E-state index contributed by atoms with van der Waals surface area (Å²) in [4.78, 5) is 11.6. The number of ether oxygens (including phenoxy) is 1. The Morgan fingerprint density at radius 1 is 1.57 bits per heavy atom. The molecule has 0 saturated heterocycles. The van der Waals surface area contributed by atoms with Gasteiger partial charge in [0.2, 0.25) is 0 Å². The maximum Gasteiger partial charge on any atom is 0.190 e. The van der Waals surface area contributed by atoms with Crippen molar-refractivity contribution in [2.45, 2.75) is 11.8 Å². The zero-order chi connectivity index (χ0) is 10.6. The van der Waals surface area contributed by atoms with E-state index in [1.165, 1.54) is 14.0 Å². The van der Waals surface area contributed by atoms with E-state index < -0.39 is 0 Å². The second-order valence-corrected chi connectivity index (χ2v) is 3.79. The molecular weight excluding hydrogens is 198 g/mol. The van der Waals surface area contributed by atoms with Gasteiger partial charge in [0.25, 0.3) is 0 Å². The van der Waals surface area contributed by atoms with E-state index in [0.29, 0.717) is 11.3 Å². The van der Waals surface area contributed by atoms with E-state index in [1.54, 1.807) is 18.2 Å². The number of benzene rings is 1. The summed E-state index contributed by atoms with van der Waals surface area (Å²) >= 11 is 1.10. The second kappa shape index (κ2) is 4.68. The van der Waals surface area contributed by atoms with Crippen molar-refractivity contribution in [3.63, 3.8) is 0 Å². The fourth-order valence-electron chi connectivity index (χ4n) is 0.976. The van der Waals surface area contributed by atoms with Gasteiger partial charge in [-0.15, -0.1) is 0 Å². The molecule has 0 heterocycles. The molecule has 1 aromatic carbocycles. The van der Waals surface area contributed by atoms with Gasteiger partial charge in [0, 0.05) is 6.92 Å². The number of thioether (sulfide) groups is 1. The minimum Gasteiger partial charge on any atom is -0.496 e. The van der Waals surface area contributed by atoms with Gasteiger partial charge >= 0.3 is 0 Å². The Labute approximate surface area is 86.7 Å². The van der Waals surface area contributed by atoms with Crippen LogP contribution in [0.4, 0.5) is 0 Å². The fourth-order valence-corrected chi connectivity index (χ4v) is 1.66. The molecule has 4 heteroatoms. The smallest absolute Gasteiger partial charge is 0.190 e. The third-order valence-electron chi connectivity index (χ3n) is 1.55. The lowest BCUT2D eigenvalue weighted by Crippen LogP contribution is -1.89. The highest BCUT2D eigenvalue weighted by molar-refractivity contribution is 8.13. The molecule has 0 aliphatic carbocycles. The molecule has 14 heavy (non-hydrogen) atoms. The van der Waals surface area contributed by atoms with Crippen molar-refractivity contribution in [1.29, 1.82) is 5.26 Å².